The Morgan fingerprint density at radius 2 is 1.72 bits per heavy atom. The van der Waals surface area contributed by atoms with Gasteiger partial charge in [0.15, 0.2) is 0 Å². The summed E-state index contributed by atoms with van der Waals surface area (Å²) in [5.74, 6) is 0.375. The van der Waals surface area contributed by atoms with Gasteiger partial charge in [-0.2, -0.15) is 0 Å². The minimum absolute atomic E-state index is 0.0556. The van der Waals surface area contributed by atoms with Crippen molar-refractivity contribution in [2.24, 2.45) is 0 Å². The number of likely N-dealkylation sites (tertiary alicyclic amines) is 1. The second kappa shape index (κ2) is 8.43. The lowest BCUT2D eigenvalue weighted by Gasteiger charge is -2.39. The standard InChI is InChI=1S/C25H22ClFN2O2S/c26-20-5-2-1-4-19(20)25(31)12-14-28(15-13-25)24(30)17-8-10-18(11-9-17)29-16-32-23-21(27)6-3-7-22(23)29/h1-11,31H,12-16H2. The molecular formula is C25H22ClFN2O2S. The molecule has 2 aliphatic rings. The predicted molar refractivity (Wildman–Crippen MR) is 126 cm³/mol. The van der Waals surface area contributed by atoms with Gasteiger partial charge in [-0.15, -0.1) is 0 Å². The third-order valence-electron chi connectivity index (χ3n) is 6.25. The molecule has 0 bridgehead atoms. The van der Waals surface area contributed by atoms with E-state index in [1.54, 1.807) is 17.0 Å². The summed E-state index contributed by atoms with van der Waals surface area (Å²) in [5.41, 5.74) is 2.07. The van der Waals surface area contributed by atoms with Crippen LogP contribution in [0, 0.1) is 5.82 Å². The molecule has 0 spiro atoms. The lowest BCUT2D eigenvalue weighted by atomic mass is 9.84. The van der Waals surface area contributed by atoms with Crippen molar-refractivity contribution in [3.8, 4) is 0 Å². The second-order valence-electron chi connectivity index (χ2n) is 8.14. The van der Waals surface area contributed by atoms with E-state index < -0.39 is 5.60 Å². The largest absolute Gasteiger partial charge is 0.385 e. The molecule has 0 unspecified atom stereocenters. The zero-order chi connectivity index (χ0) is 22.3. The monoisotopic (exact) mass is 468 g/mol. The van der Waals surface area contributed by atoms with Crippen LogP contribution < -0.4 is 4.90 Å². The average Bonchev–Trinajstić information content (AvgIpc) is 3.25. The molecule has 3 aromatic carbocycles. The Kier molecular flexibility index (Phi) is 5.61. The normalized spacial score (nSPS) is 17.3. The summed E-state index contributed by atoms with van der Waals surface area (Å²) in [7, 11) is 0. The van der Waals surface area contributed by atoms with E-state index in [0.717, 1.165) is 16.9 Å². The van der Waals surface area contributed by atoms with Gasteiger partial charge in [-0.25, -0.2) is 4.39 Å². The summed E-state index contributed by atoms with van der Waals surface area (Å²) in [6.45, 7) is 0.912. The number of aliphatic hydroxyl groups is 1. The fourth-order valence-electron chi connectivity index (χ4n) is 4.42. The zero-order valence-corrected chi connectivity index (χ0v) is 18.9. The summed E-state index contributed by atoms with van der Waals surface area (Å²) in [6, 6.07) is 19.9. The van der Waals surface area contributed by atoms with E-state index in [-0.39, 0.29) is 11.7 Å². The second-order valence-corrected chi connectivity index (χ2v) is 9.50. The molecule has 0 aromatic heterocycles. The van der Waals surface area contributed by atoms with Gasteiger partial charge in [0.1, 0.15) is 5.82 Å². The van der Waals surface area contributed by atoms with E-state index in [4.69, 9.17) is 11.6 Å². The van der Waals surface area contributed by atoms with E-state index in [2.05, 4.69) is 0 Å². The molecule has 2 heterocycles. The molecule has 5 rings (SSSR count). The lowest BCUT2D eigenvalue weighted by molar-refractivity contribution is -0.0210. The van der Waals surface area contributed by atoms with Crippen LogP contribution >= 0.6 is 23.4 Å². The molecule has 1 saturated heterocycles. The van der Waals surface area contributed by atoms with Crippen molar-refractivity contribution in [2.75, 3.05) is 23.9 Å². The molecule has 4 nitrogen and oxygen atoms in total. The molecule has 1 amide bonds. The molecule has 1 N–H and O–H groups in total. The highest BCUT2D eigenvalue weighted by Gasteiger charge is 2.37. The van der Waals surface area contributed by atoms with E-state index in [1.165, 1.54) is 17.8 Å². The molecular weight excluding hydrogens is 447 g/mol. The summed E-state index contributed by atoms with van der Waals surface area (Å²) >= 11 is 7.76. The number of rotatable bonds is 3. The zero-order valence-electron chi connectivity index (χ0n) is 17.3. The van der Waals surface area contributed by atoms with E-state index in [9.17, 15) is 14.3 Å². The molecule has 7 heteroatoms. The molecule has 1 fully saturated rings. The number of nitrogens with zero attached hydrogens (tertiary/aromatic N) is 2. The predicted octanol–water partition coefficient (Wildman–Crippen LogP) is 5.80. The molecule has 164 valence electrons. The van der Waals surface area contributed by atoms with Gasteiger partial charge in [-0.1, -0.05) is 47.6 Å². The van der Waals surface area contributed by atoms with Crippen LogP contribution in [0.3, 0.4) is 0 Å². The Bertz CT molecular complexity index is 1160. The highest BCUT2D eigenvalue weighted by atomic mass is 35.5. The number of halogens is 2. The van der Waals surface area contributed by atoms with Crippen LogP contribution in [0.4, 0.5) is 15.8 Å². The van der Waals surface area contributed by atoms with Gasteiger partial charge in [0.25, 0.3) is 5.91 Å². The van der Waals surface area contributed by atoms with Crippen molar-refractivity contribution in [1.29, 1.82) is 0 Å². The Labute approximate surface area is 195 Å². The van der Waals surface area contributed by atoms with Gasteiger partial charge in [0.05, 0.1) is 22.1 Å². The summed E-state index contributed by atoms with van der Waals surface area (Å²) in [6.07, 6.45) is 0.877. The maximum absolute atomic E-state index is 14.0. The van der Waals surface area contributed by atoms with Gasteiger partial charge >= 0.3 is 0 Å². The third-order valence-corrected chi connectivity index (χ3v) is 7.66. The highest BCUT2D eigenvalue weighted by Crippen LogP contribution is 2.44. The van der Waals surface area contributed by atoms with Crippen molar-refractivity contribution >= 4 is 40.6 Å². The number of hydrogen-bond acceptors (Lipinski definition) is 4. The third kappa shape index (κ3) is 3.76. The van der Waals surface area contributed by atoms with E-state index >= 15 is 0 Å². The fraction of sp³-hybridized carbons (Fsp3) is 0.240. The summed E-state index contributed by atoms with van der Waals surface area (Å²) in [4.78, 5) is 17.5. The van der Waals surface area contributed by atoms with Gasteiger partial charge in [0.2, 0.25) is 0 Å². The number of fused-ring (bicyclic) bond motifs is 1. The van der Waals surface area contributed by atoms with Crippen LogP contribution in [0.5, 0.6) is 0 Å². The molecule has 0 saturated carbocycles. The fourth-order valence-corrected chi connectivity index (χ4v) is 5.81. The number of amides is 1. The number of thioether (sulfide) groups is 1. The van der Waals surface area contributed by atoms with Crippen molar-refractivity contribution < 1.29 is 14.3 Å². The number of carbonyl (C=O) groups excluding carboxylic acids is 1. The number of benzene rings is 3. The van der Waals surface area contributed by atoms with Gasteiger partial charge in [0, 0.05) is 34.9 Å². The van der Waals surface area contributed by atoms with Gasteiger partial charge < -0.3 is 14.9 Å². The number of anilines is 2. The van der Waals surface area contributed by atoms with Crippen LogP contribution in [0.15, 0.2) is 71.6 Å². The first kappa shape index (κ1) is 21.3. The van der Waals surface area contributed by atoms with E-state index in [1.807, 2.05) is 53.4 Å². The average molecular weight is 469 g/mol. The Balaban J connectivity index is 1.28. The molecule has 0 aliphatic carbocycles. The maximum atomic E-state index is 14.0. The maximum Gasteiger partial charge on any atom is 0.253 e. The quantitative estimate of drug-likeness (QED) is 0.527. The van der Waals surface area contributed by atoms with Crippen LogP contribution in [0.1, 0.15) is 28.8 Å². The van der Waals surface area contributed by atoms with E-state index in [0.29, 0.717) is 47.3 Å². The van der Waals surface area contributed by atoms with Gasteiger partial charge in [-0.05, 0) is 55.3 Å². The number of piperidine rings is 1. The van der Waals surface area contributed by atoms with Crippen molar-refractivity contribution in [1.82, 2.24) is 4.90 Å². The van der Waals surface area contributed by atoms with Crippen molar-refractivity contribution in [3.63, 3.8) is 0 Å². The van der Waals surface area contributed by atoms with Crippen molar-refractivity contribution in [2.45, 2.75) is 23.3 Å². The number of carbonyl (C=O) groups is 1. The first-order chi connectivity index (χ1) is 15.5. The molecule has 2 aliphatic heterocycles. The van der Waals surface area contributed by atoms with Crippen LogP contribution in [0.2, 0.25) is 5.02 Å². The minimum Gasteiger partial charge on any atom is -0.385 e. The first-order valence-corrected chi connectivity index (χ1v) is 11.9. The van der Waals surface area contributed by atoms with Gasteiger partial charge in [-0.3, -0.25) is 4.79 Å². The minimum atomic E-state index is -1.02. The first-order valence-electron chi connectivity index (χ1n) is 10.5. The highest BCUT2D eigenvalue weighted by molar-refractivity contribution is 7.99. The van der Waals surface area contributed by atoms with Crippen LogP contribution in [-0.4, -0.2) is 34.9 Å². The molecule has 32 heavy (non-hydrogen) atoms. The SMILES string of the molecule is O=C(c1ccc(N2CSc3c(F)cccc32)cc1)N1CCC(O)(c2ccccc2Cl)CC1. The lowest BCUT2D eigenvalue weighted by Crippen LogP contribution is -2.45. The van der Waals surface area contributed by atoms with Crippen LogP contribution in [0.25, 0.3) is 0 Å². The molecule has 0 atom stereocenters. The smallest absolute Gasteiger partial charge is 0.253 e. The Morgan fingerprint density at radius 1 is 1.00 bits per heavy atom. The van der Waals surface area contributed by atoms with Crippen LogP contribution in [-0.2, 0) is 5.60 Å². The summed E-state index contributed by atoms with van der Waals surface area (Å²) < 4.78 is 14.0. The Hall–Kier alpha value is -2.54. The topological polar surface area (TPSA) is 43.8 Å². The Morgan fingerprint density at radius 3 is 2.44 bits per heavy atom. The molecule has 0 radical (unpaired) electrons. The summed E-state index contributed by atoms with van der Waals surface area (Å²) in [5, 5.41) is 11.6. The molecule has 3 aromatic rings. The number of hydrogen-bond donors (Lipinski definition) is 1. The van der Waals surface area contributed by atoms with Crippen molar-refractivity contribution in [3.05, 3.63) is 88.7 Å².